The Morgan fingerprint density at radius 2 is 0.787 bits per heavy atom. The zero-order chi connectivity index (χ0) is 79.9. The van der Waals surface area contributed by atoms with Crippen LogP contribution in [0.2, 0.25) is 24.7 Å². The number of carbonyl (C=O) groups is 4. The lowest BCUT2D eigenvalue weighted by Gasteiger charge is -2.32. The van der Waals surface area contributed by atoms with Crippen molar-refractivity contribution in [3.05, 3.63) is 160 Å². The number of esters is 2. The molecule has 5 aromatic rings. The summed E-state index contributed by atoms with van der Waals surface area (Å²) in [5.41, 5.74) is 15.2. The second-order valence-corrected chi connectivity index (χ2v) is 39.1. The maximum absolute atomic E-state index is 12.5. The predicted molar refractivity (Wildman–Crippen MR) is 434 cm³/mol. The van der Waals surface area contributed by atoms with Gasteiger partial charge in [-0.2, -0.15) is 0 Å². The van der Waals surface area contributed by atoms with Crippen molar-refractivity contribution in [2.75, 3.05) is 25.3 Å². The van der Waals surface area contributed by atoms with E-state index in [9.17, 15) is 48.3 Å². The number of aliphatic hydroxyl groups excluding tert-OH is 2. The van der Waals surface area contributed by atoms with Gasteiger partial charge in [-0.3, -0.25) is 24.5 Å². The van der Waals surface area contributed by atoms with Crippen molar-refractivity contribution in [3.63, 3.8) is 0 Å². The number of nitrogen functional groups attached to an aromatic ring is 1. The molecule has 11 rings (SSSR count). The number of carboxylic acid groups (broad SMARTS) is 1. The summed E-state index contributed by atoms with van der Waals surface area (Å²) >= 11 is 0. The number of amides is 1. The van der Waals surface area contributed by atoms with Crippen molar-refractivity contribution in [1.82, 2.24) is 18.3 Å². The van der Waals surface area contributed by atoms with Gasteiger partial charge in [0.1, 0.15) is 28.0 Å². The summed E-state index contributed by atoms with van der Waals surface area (Å²) in [7, 11) is 1.64. The Balaban J connectivity index is 0.000000328. The van der Waals surface area contributed by atoms with Crippen LogP contribution < -0.4 is 50.4 Å². The number of hydrogen-bond donors (Lipinski definition) is 7. The Kier molecular flexibility index (Phi) is 40.6. The third-order valence-electron chi connectivity index (χ3n) is 21.6. The molecule has 6 fully saturated rings. The van der Waals surface area contributed by atoms with E-state index in [1.807, 2.05) is 6.20 Å². The molecule has 6 aliphatic carbocycles. The maximum Gasteiger partial charge on any atom is 0.412 e. The van der Waals surface area contributed by atoms with Gasteiger partial charge in [0.25, 0.3) is 22.2 Å². The number of aromatic carboxylic acids is 1. The van der Waals surface area contributed by atoms with Crippen molar-refractivity contribution < 1.29 is 53.1 Å². The lowest BCUT2D eigenvalue weighted by Crippen LogP contribution is -2.32. The number of aliphatic hydroxyl groups is 2. The van der Waals surface area contributed by atoms with Gasteiger partial charge in [0.2, 0.25) is 0 Å². The van der Waals surface area contributed by atoms with Gasteiger partial charge < -0.3 is 69.4 Å². The molecule has 0 radical (unpaired) electrons. The summed E-state index contributed by atoms with van der Waals surface area (Å²) in [5, 5.41) is 30.4. The van der Waals surface area contributed by atoms with Gasteiger partial charge in [-0.1, -0.05) is 68.1 Å². The largest absolute Gasteiger partial charge is 0.477 e. The number of carbonyl (C=O) groups excluding carboxylic acids is 3. The molecule has 0 atom stereocenters. The van der Waals surface area contributed by atoms with E-state index in [1.54, 1.807) is 94.0 Å². The Labute approximate surface area is 646 Å². The summed E-state index contributed by atoms with van der Waals surface area (Å²) in [6, 6.07) is 17.6. The van der Waals surface area contributed by atoms with E-state index in [1.165, 1.54) is 70.4 Å². The van der Waals surface area contributed by atoms with Gasteiger partial charge in [-0.25, -0.2) is 24.0 Å². The van der Waals surface area contributed by atoms with Gasteiger partial charge in [0, 0.05) is 69.1 Å². The molecule has 10 N–H and O–H groups in total. The van der Waals surface area contributed by atoms with E-state index in [-0.39, 0.29) is 93.4 Å². The summed E-state index contributed by atoms with van der Waals surface area (Å²) in [6.45, 7) is 28.6. The fourth-order valence-corrected chi connectivity index (χ4v) is 13.1. The standard InChI is InChI=1S/C17H26N2O3.C14H19NO3.C13H17NO3.C11H16N2O2.C7H15N.C7H6O4.C7H18Si.C6H13NO.ClH/c1-12-7-9-13(10-8-12)19-11-5-6-14(15(19)20)18-16(21)22-17(2,3)4;1-10-5-7-11(8-6-10)15-9-3-4-12(13(15)16)14(17)18-2;1-9-4-6-10(7-5-9)14-8-2-3-11(12(14)15)13(16)17;12-10-2-1-7-13(11(10)15)8-3-5-9(14)6-4-8;1-6-2-4-7(8)5-3-6;1-10-6(8)5-3-2-4-11-7(5)9;1-7(2,3)8(4,5)6;7-5-1-3-6(8)4-2-5;/h5-6,11-13H,7-10H2,1-4H3,(H,18,21);3-4,9-11H,5-8H2,1-2H3;2-3,8-10H,4-7H2,1H3,(H,16,17);1-2,7-9,14H,3-6,12H2;6-7H,2-5,8H2,1H3;2-4H,1H3;1-6H3;5-6,8H,1-4,7H2;1H. The third kappa shape index (κ3) is 32.6. The van der Waals surface area contributed by atoms with Gasteiger partial charge in [-0.05, 0) is 264 Å². The highest BCUT2D eigenvalue weighted by atomic mass is 35.5. The molecule has 1 amide bonds. The van der Waals surface area contributed by atoms with Gasteiger partial charge in [-0.15, -0.1) is 12.4 Å². The van der Waals surface area contributed by atoms with E-state index in [2.05, 4.69) is 87.3 Å². The normalized spacial score (nSPS) is 23.9. The Morgan fingerprint density at radius 1 is 0.472 bits per heavy atom. The number of hydrogen-bond acceptors (Lipinski definition) is 18. The summed E-state index contributed by atoms with van der Waals surface area (Å²) < 4.78 is 25.3. The Bertz CT molecular complexity index is 3770. The van der Waals surface area contributed by atoms with E-state index in [0.717, 1.165) is 146 Å². The van der Waals surface area contributed by atoms with E-state index >= 15 is 0 Å². The molecule has 24 nitrogen and oxygen atoms in total. The van der Waals surface area contributed by atoms with Crippen LogP contribution in [-0.2, 0) is 14.2 Å². The van der Waals surface area contributed by atoms with Crippen molar-refractivity contribution in [3.8, 4) is 0 Å². The minimum atomic E-state index is -1.14. The highest BCUT2D eigenvalue weighted by Gasteiger charge is 2.30. The fourth-order valence-electron chi connectivity index (χ4n) is 13.1. The van der Waals surface area contributed by atoms with Crippen LogP contribution >= 0.6 is 12.4 Å². The molecule has 0 bridgehead atoms. The fraction of sp³-hybridized carbons (Fsp3) is 0.646. The second kappa shape index (κ2) is 46.3. The first-order valence-corrected chi connectivity index (χ1v) is 42.2. The average molecular weight is 1550 g/mol. The average Bonchev–Trinajstić information content (AvgIpc) is 0.835. The highest BCUT2D eigenvalue weighted by Crippen LogP contribution is 2.36. The van der Waals surface area contributed by atoms with Crippen LogP contribution in [0.1, 0.15) is 279 Å². The van der Waals surface area contributed by atoms with E-state index < -0.39 is 43.3 Å². The van der Waals surface area contributed by atoms with Crippen LogP contribution in [0.4, 0.5) is 16.2 Å². The number of rotatable bonds is 8. The number of nitrogens with zero attached hydrogens (tertiary/aromatic N) is 4. The van der Waals surface area contributed by atoms with Crippen molar-refractivity contribution in [2.24, 2.45) is 35.1 Å². The molecular weight excluding hydrogens is 1420 g/mol. The number of methoxy groups -OCH3 is 2. The minimum Gasteiger partial charge on any atom is -0.477 e. The third-order valence-corrected chi connectivity index (χ3v) is 26.1. The number of anilines is 2. The van der Waals surface area contributed by atoms with Gasteiger partial charge in [0.05, 0.1) is 38.4 Å². The van der Waals surface area contributed by atoms with E-state index in [4.69, 9.17) is 32.2 Å². The molecule has 0 saturated heterocycles. The lowest BCUT2D eigenvalue weighted by molar-refractivity contribution is 0.0587. The molecule has 5 aromatic heterocycles. The minimum absolute atomic E-state index is 0. The number of nitrogens with two attached hydrogens (primary N) is 3. The van der Waals surface area contributed by atoms with Crippen molar-refractivity contribution >= 4 is 55.9 Å². The molecule has 0 unspecified atom stereocenters. The molecule has 5 heterocycles. The quantitative estimate of drug-likeness (QED) is 0.0431. The van der Waals surface area contributed by atoms with Crippen molar-refractivity contribution in [1.29, 1.82) is 0 Å². The van der Waals surface area contributed by atoms with Crippen LogP contribution in [0.3, 0.4) is 0 Å². The summed E-state index contributed by atoms with van der Waals surface area (Å²) in [6.07, 6.45) is 32.4. The number of carboxylic acids is 1. The summed E-state index contributed by atoms with van der Waals surface area (Å²) in [5.74, 6) is 0.738. The first-order chi connectivity index (χ1) is 50.2. The van der Waals surface area contributed by atoms with Gasteiger partial charge in [0.15, 0.2) is 0 Å². The first-order valence-electron chi connectivity index (χ1n) is 38.7. The number of nitrogens with one attached hydrogen (secondary N) is 1. The van der Waals surface area contributed by atoms with E-state index in [0.29, 0.717) is 28.7 Å². The number of aromatic nitrogens is 4. The van der Waals surface area contributed by atoms with Crippen LogP contribution in [0, 0.1) is 23.7 Å². The maximum atomic E-state index is 12.5. The number of halogens is 1. The summed E-state index contributed by atoms with van der Waals surface area (Å²) in [4.78, 5) is 104. The number of pyridine rings is 4. The monoisotopic (exact) mass is 1550 g/mol. The topological polar surface area (TPSA) is 365 Å². The SMILES string of the molecule is CC(C)(C)[Si](C)(C)C.CC1CCC(N)CC1.CC1CCC(n2cccc(C(=O)O)c2=O)CC1.CC1CCC(n2cccc(NC(=O)OC(C)(C)C)c2=O)CC1.COC(=O)c1cccn(C2CCC(C)CC2)c1=O.COC(=O)c1cccoc1=O.Cl.NC1CCC(O)CC1.Nc1cccn(C2CCC(O)CC2)c1=O. The first kappa shape index (κ1) is 94.8. The molecule has 0 aliphatic heterocycles. The second-order valence-electron chi connectivity index (χ2n) is 33.1. The zero-order valence-electron chi connectivity index (χ0n) is 67.1. The zero-order valence-corrected chi connectivity index (χ0v) is 69.0. The lowest BCUT2D eigenvalue weighted by atomic mass is 9.87. The Morgan fingerprint density at radius 3 is 1.15 bits per heavy atom. The Hall–Kier alpha value is -7.42. The molecule has 26 heteroatoms. The van der Waals surface area contributed by atoms with Gasteiger partial charge >= 0.3 is 29.6 Å². The van der Waals surface area contributed by atoms with Crippen LogP contribution in [0.25, 0.3) is 0 Å². The molecule has 6 aliphatic rings. The smallest absolute Gasteiger partial charge is 0.412 e. The molecule has 6 saturated carbocycles. The highest BCUT2D eigenvalue weighted by molar-refractivity contribution is 6.78. The van der Waals surface area contributed by atoms with Crippen LogP contribution in [-0.4, -0.2) is 110 Å². The molecule has 0 spiro atoms. The number of ether oxygens (including phenoxy) is 3. The predicted octanol–water partition coefficient (Wildman–Crippen LogP) is 15.3. The van der Waals surface area contributed by atoms with Crippen molar-refractivity contribution in [2.45, 2.75) is 302 Å². The molecule has 0 aromatic carbocycles. The van der Waals surface area contributed by atoms with Crippen LogP contribution in [0.15, 0.2) is 120 Å². The van der Waals surface area contributed by atoms with Crippen LogP contribution in [0.5, 0.6) is 0 Å². The molecule has 606 valence electrons. The molecule has 108 heavy (non-hydrogen) atoms. The molecular formula is C82H131ClN8O16Si.